The van der Waals surface area contributed by atoms with Crippen LogP contribution < -0.4 is 5.32 Å². The standard InChI is InChI=1S/C61H101NO8/c1-3-5-7-9-11-13-15-17-19-20-21-22-23-24-25-26-27-28-29-30-31-32-33-34-35-36-37-39-41-43-45-47-49-51-57(65)62-54(53-69-61-60(68)59(67)58(66)56(52-63)70-61)55(64)50-48-46-44-42-40-38-18-16-14-12-10-8-6-4-2/h5,7,11,13,17,19,21-22,24-25,27-28,30-31,33-34,40,42,48,50,54-56,58-61,63-64,66-68H,3-4,6,8-10,12,14-16,18,20,23,26,29,32,35-39,41,43-47,49,51-53H2,1-2H3,(H,62,65)/b7-5-,13-11-,19-17-,22-21-,25-24-,28-27-,31-30-,34-33-,42-40+,50-48+. The van der Waals surface area contributed by atoms with E-state index in [-0.39, 0.29) is 12.5 Å². The van der Waals surface area contributed by atoms with Gasteiger partial charge in [0, 0.05) is 6.42 Å². The van der Waals surface area contributed by atoms with Crippen molar-refractivity contribution in [3.05, 3.63) is 122 Å². The fourth-order valence-corrected chi connectivity index (χ4v) is 7.89. The molecule has 7 unspecified atom stereocenters. The zero-order chi connectivity index (χ0) is 50.8. The minimum atomic E-state index is -1.58. The van der Waals surface area contributed by atoms with Crippen molar-refractivity contribution >= 4 is 5.91 Å². The van der Waals surface area contributed by atoms with Crippen LogP contribution in [0.4, 0.5) is 0 Å². The molecule has 1 aliphatic rings. The van der Waals surface area contributed by atoms with Gasteiger partial charge in [-0.15, -0.1) is 0 Å². The van der Waals surface area contributed by atoms with Gasteiger partial charge in [0.25, 0.3) is 0 Å². The average molecular weight is 976 g/mol. The number of unbranched alkanes of at least 4 members (excludes halogenated alkanes) is 17. The lowest BCUT2D eigenvalue weighted by Crippen LogP contribution is -2.60. The molecular formula is C61H101NO8. The molecule has 1 fully saturated rings. The van der Waals surface area contributed by atoms with Gasteiger partial charge in [-0.05, 0) is 96.3 Å². The summed E-state index contributed by atoms with van der Waals surface area (Å²) >= 11 is 0. The Kier molecular flexibility index (Phi) is 45.4. The van der Waals surface area contributed by atoms with Gasteiger partial charge in [0.2, 0.25) is 5.91 Å². The number of hydrogen-bond donors (Lipinski definition) is 6. The molecule has 9 heteroatoms. The molecule has 0 bridgehead atoms. The molecule has 0 spiro atoms. The highest BCUT2D eigenvalue weighted by molar-refractivity contribution is 5.76. The quantitative estimate of drug-likeness (QED) is 0.0261. The highest BCUT2D eigenvalue weighted by Crippen LogP contribution is 2.22. The van der Waals surface area contributed by atoms with Crippen LogP contribution in [0.25, 0.3) is 0 Å². The van der Waals surface area contributed by atoms with E-state index in [2.05, 4.69) is 129 Å². The van der Waals surface area contributed by atoms with E-state index < -0.39 is 49.5 Å². The molecule has 0 saturated carbocycles. The molecule has 1 heterocycles. The first-order valence-corrected chi connectivity index (χ1v) is 27.8. The number of ether oxygens (including phenoxy) is 2. The van der Waals surface area contributed by atoms with Gasteiger partial charge in [-0.2, -0.15) is 0 Å². The first-order valence-electron chi connectivity index (χ1n) is 27.8. The van der Waals surface area contributed by atoms with Gasteiger partial charge in [-0.1, -0.05) is 219 Å². The molecule has 1 rings (SSSR count). The van der Waals surface area contributed by atoms with Crippen molar-refractivity contribution in [3.63, 3.8) is 0 Å². The Bertz CT molecular complexity index is 1510. The third kappa shape index (κ3) is 38.3. The lowest BCUT2D eigenvalue weighted by atomic mass is 9.99. The number of nitrogens with one attached hydrogen (secondary N) is 1. The Morgan fingerprint density at radius 2 is 0.900 bits per heavy atom. The predicted molar refractivity (Wildman–Crippen MR) is 294 cm³/mol. The van der Waals surface area contributed by atoms with Crippen LogP contribution in [-0.4, -0.2) is 87.5 Å². The average Bonchev–Trinajstić information content (AvgIpc) is 3.36. The molecule has 0 aliphatic carbocycles. The van der Waals surface area contributed by atoms with Crippen LogP contribution in [-0.2, 0) is 14.3 Å². The molecule has 9 nitrogen and oxygen atoms in total. The number of hydrogen-bond acceptors (Lipinski definition) is 8. The largest absolute Gasteiger partial charge is 0.394 e. The van der Waals surface area contributed by atoms with E-state index in [0.717, 1.165) is 103 Å². The summed E-state index contributed by atoms with van der Waals surface area (Å²) in [4.78, 5) is 13.0. The van der Waals surface area contributed by atoms with E-state index in [1.807, 2.05) is 6.08 Å². The molecule has 1 amide bonds. The third-order valence-electron chi connectivity index (χ3n) is 12.3. The lowest BCUT2D eigenvalue weighted by Gasteiger charge is -2.40. The fourth-order valence-electron chi connectivity index (χ4n) is 7.89. The maximum Gasteiger partial charge on any atom is 0.220 e. The Hall–Kier alpha value is -3.41. The highest BCUT2D eigenvalue weighted by atomic mass is 16.7. The SMILES string of the molecule is CC/C=C\C/C=C\C/C=C\C/C=C\C/C=C\C/C=C\C/C=C\C/C=C\CCCCCCCCCCC(=O)NC(COC1OC(CO)C(O)C(O)C1O)C(O)/C=C/CC/C=C/CCCCCCCCCC. The van der Waals surface area contributed by atoms with Crippen molar-refractivity contribution in [1.82, 2.24) is 5.32 Å². The second-order valence-corrected chi connectivity index (χ2v) is 18.6. The summed E-state index contributed by atoms with van der Waals surface area (Å²) < 4.78 is 11.2. The third-order valence-corrected chi connectivity index (χ3v) is 12.3. The molecule has 1 saturated heterocycles. The Morgan fingerprint density at radius 1 is 0.500 bits per heavy atom. The van der Waals surface area contributed by atoms with E-state index in [9.17, 15) is 30.3 Å². The van der Waals surface area contributed by atoms with Crippen molar-refractivity contribution in [3.8, 4) is 0 Å². The minimum Gasteiger partial charge on any atom is -0.394 e. The maximum atomic E-state index is 13.0. The first kappa shape index (κ1) is 64.6. The van der Waals surface area contributed by atoms with Gasteiger partial charge in [0.05, 0.1) is 25.4 Å². The van der Waals surface area contributed by atoms with Crippen LogP contribution in [0.1, 0.15) is 200 Å². The van der Waals surface area contributed by atoms with Crippen LogP contribution in [0.5, 0.6) is 0 Å². The number of allylic oxidation sites excluding steroid dienone is 19. The number of carbonyl (C=O) groups is 1. The van der Waals surface area contributed by atoms with Crippen molar-refractivity contribution in [2.75, 3.05) is 13.2 Å². The van der Waals surface area contributed by atoms with Crippen LogP contribution in [0.15, 0.2) is 122 Å². The molecule has 0 radical (unpaired) electrons. The number of rotatable bonds is 45. The van der Waals surface area contributed by atoms with Crippen LogP contribution in [0.2, 0.25) is 0 Å². The zero-order valence-electron chi connectivity index (χ0n) is 44.0. The second-order valence-electron chi connectivity index (χ2n) is 18.6. The second kappa shape index (κ2) is 49.2. The Morgan fingerprint density at radius 3 is 1.37 bits per heavy atom. The van der Waals surface area contributed by atoms with E-state index in [4.69, 9.17) is 9.47 Å². The molecule has 6 N–H and O–H groups in total. The number of carbonyl (C=O) groups excluding carboxylic acids is 1. The van der Waals surface area contributed by atoms with E-state index in [0.29, 0.717) is 6.42 Å². The van der Waals surface area contributed by atoms with Gasteiger partial charge in [-0.25, -0.2) is 0 Å². The summed E-state index contributed by atoms with van der Waals surface area (Å²) in [6.45, 7) is 3.62. The van der Waals surface area contributed by atoms with Gasteiger partial charge in [-0.3, -0.25) is 4.79 Å². The zero-order valence-corrected chi connectivity index (χ0v) is 44.0. The Balaban J connectivity index is 2.23. The van der Waals surface area contributed by atoms with Crippen molar-refractivity contribution in [2.45, 2.75) is 243 Å². The molecule has 1 aliphatic heterocycles. The number of aliphatic hydroxyl groups is 5. The van der Waals surface area contributed by atoms with Crippen molar-refractivity contribution in [1.29, 1.82) is 0 Å². The van der Waals surface area contributed by atoms with Crippen molar-refractivity contribution in [2.24, 2.45) is 0 Å². The minimum absolute atomic E-state index is 0.202. The summed E-state index contributed by atoms with van der Waals surface area (Å²) in [5.74, 6) is -0.202. The topological polar surface area (TPSA) is 149 Å². The monoisotopic (exact) mass is 976 g/mol. The van der Waals surface area contributed by atoms with Gasteiger partial charge < -0.3 is 40.3 Å². The number of aliphatic hydroxyl groups excluding tert-OH is 5. The van der Waals surface area contributed by atoms with Gasteiger partial charge >= 0.3 is 0 Å². The summed E-state index contributed by atoms with van der Waals surface area (Å²) in [5.41, 5.74) is 0. The van der Waals surface area contributed by atoms with Crippen LogP contribution in [0.3, 0.4) is 0 Å². The van der Waals surface area contributed by atoms with E-state index in [1.165, 1.54) is 77.0 Å². The predicted octanol–water partition coefficient (Wildman–Crippen LogP) is 13.6. The van der Waals surface area contributed by atoms with Crippen LogP contribution >= 0.6 is 0 Å². The molecule has 7 atom stereocenters. The Labute approximate surface area is 427 Å². The maximum absolute atomic E-state index is 13.0. The molecule has 0 aromatic carbocycles. The van der Waals surface area contributed by atoms with Crippen molar-refractivity contribution < 1.29 is 39.8 Å². The normalized spacial score (nSPS) is 20.4. The van der Waals surface area contributed by atoms with Crippen LogP contribution in [0, 0.1) is 0 Å². The lowest BCUT2D eigenvalue weighted by molar-refractivity contribution is -0.302. The molecule has 70 heavy (non-hydrogen) atoms. The number of amides is 1. The first-order chi connectivity index (χ1) is 34.3. The molecule has 0 aromatic heterocycles. The summed E-state index contributed by atoms with van der Waals surface area (Å²) in [5, 5.41) is 54.3. The fraction of sp³-hybridized carbons (Fsp3) is 0.656. The molecular weight excluding hydrogens is 875 g/mol. The summed E-state index contributed by atoms with van der Waals surface area (Å²) in [7, 11) is 0. The van der Waals surface area contributed by atoms with Gasteiger partial charge in [0.15, 0.2) is 6.29 Å². The molecule has 398 valence electrons. The smallest absolute Gasteiger partial charge is 0.220 e. The van der Waals surface area contributed by atoms with Gasteiger partial charge in [0.1, 0.15) is 24.4 Å². The molecule has 0 aromatic rings. The van der Waals surface area contributed by atoms with E-state index >= 15 is 0 Å². The summed E-state index contributed by atoms with van der Waals surface area (Å²) in [6.07, 6.45) is 66.8. The van der Waals surface area contributed by atoms with E-state index in [1.54, 1.807) is 6.08 Å². The highest BCUT2D eigenvalue weighted by Gasteiger charge is 2.44. The summed E-state index contributed by atoms with van der Waals surface area (Å²) in [6, 6.07) is -0.834.